The Labute approximate surface area is 158 Å². The average Bonchev–Trinajstić information content (AvgIpc) is 3.22. The maximum Gasteiger partial charge on any atom is 0.253 e. The predicted molar refractivity (Wildman–Crippen MR) is 104 cm³/mol. The number of fused-ring (bicyclic) bond motifs is 1. The molecule has 6 nitrogen and oxygen atoms in total. The lowest BCUT2D eigenvalue weighted by Crippen LogP contribution is -2.27. The second-order valence-corrected chi connectivity index (χ2v) is 8.50. The number of hydrogen-bond donors (Lipinski definition) is 1. The van der Waals surface area contributed by atoms with E-state index in [2.05, 4.69) is 37.9 Å². The molecule has 1 amide bonds. The van der Waals surface area contributed by atoms with Crippen molar-refractivity contribution in [3.8, 4) is 0 Å². The van der Waals surface area contributed by atoms with Crippen LogP contribution >= 0.6 is 34.9 Å². The second kappa shape index (κ2) is 8.68. The van der Waals surface area contributed by atoms with Crippen molar-refractivity contribution < 1.29 is 4.79 Å². The van der Waals surface area contributed by atoms with E-state index >= 15 is 0 Å². The van der Waals surface area contributed by atoms with Crippen molar-refractivity contribution in [1.29, 1.82) is 0 Å². The molecule has 132 valence electrons. The van der Waals surface area contributed by atoms with Gasteiger partial charge < -0.3 is 5.32 Å². The number of aromatic nitrogens is 4. The molecule has 0 spiro atoms. The number of amides is 1. The number of carbonyl (C=O) groups is 1. The van der Waals surface area contributed by atoms with E-state index in [-0.39, 0.29) is 5.91 Å². The molecule has 0 fully saturated rings. The summed E-state index contributed by atoms with van der Waals surface area (Å²) in [4.78, 5) is 22.0. The molecular formula is C16H19N5OS3. The van der Waals surface area contributed by atoms with Crippen LogP contribution in [-0.4, -0.2) is 43.5 Å². The fourth-order valence-corrected chi connectivity index (χ4v) is 4.57. The van der Waals surface area contributed by atoms with Gasteiger partial charge in [-0.1, -0.05) is 17.8 Å². The van der Waals surface area contributed by atoms with Crippen LogP contribution < -0.4 is 5.32 Å². The van der Waals surface area contributed by atoms with Gasteiger partial charge in [-0.05, 0) is 31.4 Å². The summed E-state index contributed by atoms with van der Waals surface area (Å²) < 4.78 is 1.70. The zero-order valence-corrected chi connectivity index (χ0v) is 16.5. The first kappa shape index (κ1) is 18.2. The van der Waals surface area contributed by atoms with E-state index in [1.54, 1.807) is 15.9 Å². The van der Waals surface area contributed by atoms with Crippen molar-refractivity contribution in [3.63, 3.8) is 0 Å². The second-order valence-electron chi connectivity index (χ2n) is 5.42. The van der Waals surface area contributed by atoms with E-state index < -0.39 is 0 Å². The number of thioether (sulfide) groups is 2. The van der Waals surface area contributed by atoms with Crippen LogP contribution in [0.25, 0.3) is 5.78 Å². The Hall–Kier alpha value is -1.58. The maximum atomic E-state index is 11.9. The van der Waals surface area contributed by atoms with E-state index in [0.29, 0.717) is 23.2 Å². The van der Waals surface area contributed by atoms with Gasteiger partial charge in [-0.3, -0.25) is 4.79 Å². The Morgan fingerprint density at radius 2 is 2.24 bits per heavy atom. The number of carbonyl (C=O) groups excluding carboxylic acids is 1. The molecule has 0 saturated carbocycles. The third-order valence-corrected chi connectivity index (χ3v) is 6.23. The van der Waals surface area contributed by atoms with E-state index in [9.17, 15) is 4.79 Å². The van der Waals surface area contributed by atoms with Gasteiger partial charge >= 0.3 is 0 Å². The van der Waals surface area contributed by atoms with Crippen molar-refractivity contribution in [2.45, 2.75) is 24.8 Å². The minimum absolute atomic E-state index is 0.00133. The summed E-state index contributed by atoms with van der Waals surface area (Å²) in [7, 11) is 0. The topological polar surface area (TPSA) is 72.2 Å². The van der Waals surface area contributed by atoms with Gasteiger partial charge in [-0.2, -0.15) is 16.7 Å². The van der Waals surface area contributed by atoms with Crippen LogP contribution in [0.15, 0.2) is 28.7 Å². The van der Waals surface area contributed by atoms with Gasteiger partial charge in [-0.15, -0.1) is 16.4 Å². The number of nitrogens with zero attached hydrogens (tertiary/aromatic N) is 4. The number of thiophene rings is 1. The normalized spacial score (nSPS) is 11.1. The fourth-order valence-electron chi connectivity index (χ4n) is 2.22. The standard InChI is InChI=1S/C16H19N5OS3/c1-11-8-12(2)21-15(18-11)19-16(20-21)25-10-14(22)17-5-7-23-9-13-4-3-6-24-13/h3-4,6,8H,5,7,9-10H2,1-2H3,(H,17,22). The van der Waals surface area contributed by atoms with Crippen molar-refractivity contribution in [3.05, 3.63) is 39.8 Å². The summed E-state index contributed by atoms with van der Waals surface area (Å²) in [6.45, 7) is 4.57. The smallest absolute Gasteiger partial charge is 0.253 e. The molecule has 9 heteroatoms. The van der Waals surface area contributed by atoms with Gasteiger partial charge in [0.15, 0.2) is 0 Å². The molecule has 0 atom stereocenters. The number of hydrogen-bond acceptors (Lipinski definition) is 7. The molecule has 3 aromatic rings. The first-order valence-corrected chi connectivity index (χ1v) is 10.8. The molecule has 0 saturated heterocycles. The first-order chi connectivity index (χ1) is 12.1. The Kier molecular flexibility index (Phi) is 6.33. The van der Waals surface area contributed by atoms with Crippen LogP contribution in [0.1, 0.15) is 16.3 Å². The Morgan fingerprint density at radius 3 is 3.04 bits per heavy atom. The van der Waals surface area contributed by atoms with Crippen LogP contribution in [0, 0.1) is 13.8 Å². The molecule has 3 aromatic heterocycles. The number of nitrogens with one attached hydrogen (secondary N) is 1. The highest BCUT2D eigenvalue weighted by molar-refractivity contribution is 7.99. The summed E-state index contributed by atoms with van der Waals surface area (Å²) in [5.41, 5.74) is 1.89. The van der Waals surface area contributed by atoms with Gasteiger partial charge in [-0.25, -0.2) is 9.50 Å². The molecule has 0 aliphatic rings. The predicted octanol–water partition coefficient (Wildman–Crippen LogP) is 2.94. The van der Waals surface area contributed by atoms with Gasteiger partial charge in [0, 0.05) is 34.3 Å². The Bertz CT molecular complexity index is 847. The van der Waals surface area contributed by atoms with Crippen molar-refractivity contribution >= 4 is 46.5 Å². The average molecular weight is 394 g/mol. The fraction of sp³-hybridized carbons (Fsp3) is 0.375. The summed E-state index contributed by atoms with van der Waals surface area (Å²) in [5, 5.41) is 9.98. The van der Waals surface area contributed by atoms with Crippen molar-refractivity contribution in [2.24, 2.45) is 0 Å². The van der Waals surface area contributed by atoms with Crippen LogP contribution in [0.5, 0.6) is 0 Å². The Balaban J connectivity index is 1.39. The highest BCUT2D eigenvalue weighted by Crippen LogP contribution is 2.17. The van der Waals surface area contributed by atoms with E-state index in [4.69, 9.17) is 0 Å². The van der Waals surface area contributed by atoms with Gasteiger partial charge in [0.05, 0.1) is 5.75 Å². The van der Waals surface area contributed by atoms with Crippen LogP contribution in [0.2, 0.25) is 0 Å². The van der Waals surface area contributed by atoms with E-state index in [1.807, 2.05) is 31.7 Å². The number of rotatable bonds is 8. The molecule has 0 unspecified atom stereocenters. The molecule has 0 bridgehead atoms. The monoisotopic (exact) mass is 393 g/mol. The van der Waals surface area contributed by atoms with Gasteiger partial charge in [0.1, 0.15) is 0 Å². The lowest BCUT2D eigenvalue weighted by atomic mass is 10.4. The highest BCUT2D eigenvalue weighted by Gasteiger charge is 2.10. The SMILES string of the molecule is Cc1cc(C)n2nc(SCC(=O)NCCSCc3cccs3)nc2n1. The molecule has 0 radical (unpaired) electrons. The molecule has 3 heterocycles. The lowest BCUT2D eigenvalue weighted by molar-refractivity contribution is -0.118. The quantitative estimate of drug-likeness (QED) is 0.469. The summed E-state index contributed by atoms with van der Waals surface area (Å²) >= 11 is 4.92. The Morgan fingerprint density at radius 1 is 1.36 bits per heavy atom. The molecule has 0 aromatic carbocycles. The highest BCUT2D eigenvalue weighted by atomic mass is 32.2. The third kappa shape index (κ3) is 5.20. The van der Waals surface area contributed by atoms with Crippen molar-refractivity contribution in [2.75, 3.05) is 18.1 Å². The molecule has 0 aliphatic carbocycles. The first-order valence-electron chi connectivity index (χ1n) is 7.82. The largest absolute Gasteiger partial charge is 0.355 e. The van der Waals surface area contributed by atoms with E-state index in [1.165, 1.54) is 16.6 Å². The third-order valence-electron chi connectivity index (χ3n) is 3.32. The van der Waals surface area contributed by atoms with Crippen LogP contribution in [-0.2, 0) is 10.5 Å². The van der Waals surface area contributed by atoms with Crippen molar-refractivity contribution in [1.82, 2.24) is 24.9 Å². The van der Waals surface area contributed by atoms with Gasteiger partial charge in [0.2, 0.25) is 11.1 Å². The molecular weight excluding hydrogens is 374 g/mol. The molecule has 0 aliphatic heterocycles. The summed E-state index contributed by atoms with van der Waals surface area (Å²) in [6.07, 6.45) is 0. The lowest BCUT2D eigenvalue weighted by Gasteiger charge is -2.03. The molecule has 3 rings (SSSR count). The zero-order valence-electron chi connectivity index (χ0n) is 14.1. The maximum absolute atomic E-state index is 11.9. The van der Waals surface area contributed by atoms with E-state index in [0.717, 1.165) is 22.9 Å². The zero-order chi connectivity index (χ0) is 17.6. The molecule has 25 heavy (non-hydrogen) atoms. The minimum atomic E-state index is 0.00133. The van der Waals surface area contributed by atoms with Crippen LogP contribution in [0.4, 0.5) is 0 Å². The summed E-state index contributed by atoms with van der Waals surface area (Å²) in [5.74, 6) is 2.79. The van der Waals surface area contributed by atoms with Crippen LogP contribution in [0.3, 0.4) is 0 Å². The van der Waals surface area contributed by atoms with Gasteiger partial charge in [0.25, 0.3) is 5.78 Å². The minimum Gasteiger partial charge on any atom is -0.355 e. The summed E-state index contributed by atoms with van der Waals surface area (Å²) in [6, 6.07) is 6.15. The number of aryl methyl sites for hydroxylation is 2. The molecule has 1 N–H and O–H groups in total.